The molecular formula is C19H20N2O2. The Hall–Kier alpha value is -2.75. The molecule has 4 nitrogen and oxygen atoms in total. The van der Waals surface area contributed by atoms with E-state index in [1.54, 1.807) is 6.07 Å². The molecule has 0 bridgehead atoms. The van der Waals surface area contributed by atoms with Crippen molar-refractivity contribution in [2.45, 2.75) is 26.4 Å². The third kappa shape index (κ3) is 3.54. The number of ether oxygens (including phenoxy) is 1. The van der Waals surface area contributed by atoms with Crippen LogP contribution in [0.25, 0.3) is 11.3 Å². The fourth-order valence-electron chi connectivity index (χ4n) is 2.38. The van der Waals surface area contributed by atoms with Crippen molar-refractivity contribution >= 4 is 5.88 Å². The molecule has 0 atom stereocenters. The van der Waals surface area contributed by atoms with Crippen LogP contribution >= 0.6 is 0 Å². The van der Waals surface area contributed by atoms with Gasteiger partial charge in [0, 0.05) is 11.6 Å². The van der Waals surface area contributed by atoms with E-state index in [2.05, 4.69) is 31.1 Å². The van der Waals surface area contributed by atoms with E-state index in [0.717, 1.165) is 16.9 Å². The summed E-state index contributed by atoms with van der Waals surface area (Å²) >= 11 is 0. The molecule has 118 valence electrons. The number of benzene rings is 2. The lowest BCUT2D eigenvalue weighted by molar-refractivity contribution is 0.307. The Labute approximate surface area is 135 Å². The Bertz CT molecular complexity index is 779. The molecule has 0 aliphatic heterocycles. The third-order valence-corrected chi connectivity index (χ3v) is 3.71. The molecule has 2 N–H and O–H groups in total. The quantitative estimate of drug-likeness (QED) is 0.746. The summed E-state index contributed by atoms with van der Waals surface area (Å²) in [6.45, 7) is 4.81. The van der Waals surface area contributed by atoms with Crippen LogP contribution in [0.4, 0.5) is 5.88 Å². The van der Waals surface area contributed by atoms with Crippen molar-refractivity contribution in [1.82, 2.24) is 5.16 Å². The topological polar surface area (TPSA) is 61.3 Å². The number of rotatable bonds is 5. The molecule has 0 saturated carbocycles. The van der Waals surface area contributed by atoms with Gasteiger partial charge >= 0.3 is 0 Å². The van der Waals surface area contributed by atoms with Crippen molar-refractivity contribution < 1.29 is 9.26 Å². The maximum atomic E-state index is 6.00. The van der Waals surface area contributed by atoms with Gasteiger partial charge in [0.1, 0.15) is 18.1 Å². The third-order valence-electron chi connectivity index (χ3n) is 3.71. The highest BCUT2D eigenvalue weighted by molar-refractivity contribution is 5.69. The summed E-state index contributed by atoms with van der Waals surface area (Å²) in [4.78, 5) is 0. The van der Waals surface area contributed by atoms with Gasteiger partial charge in [-0.25, -0.2) is 0 Å². The number of aromatic nitrogens is 1. The summed E-state index contributed by atoms with van der Waals surface area (Å²) in [5, 5.41) is 4.02. The lowest BCUT2D eigenvalue weighted by Gasteiger charge is -2.13. The van der Waals surface area contributed by atoms with Crippen LogP contribution in [0.15, 0.2) is 59.1 Å². The second-order valence-electron chi connectivity index (χ2n) is 5.80. The molecule has 0 aliphatic carbocycles. The van der Waals surface area contributed by atoms with Gasteiger partial charge in [-0.05, 0) is 29.2 Å². The summed E-state index contributed by atoms with van der Waals surface area (Å²) < 4.78 is 11.0. The molecule has 23 heavy (non-hydrogen) atoms. The summed E-state index contributed by atoms with van der Waals surface area (Å²) in [5.74, 6) is 1.48. The highest BCUT2D eigenvalue weighted by Crippen LogP contribution is 2.33. The van der Waals surface area contributed by atoms with Crippen molar-refractivity contribution in [2.24, 2.45) is 0 Å². The fraction of sp³-hybridized carbons (Fsp3) is 0.211. The van der Waals surface area contributed by atoms with Crippen molar-refractivity contribution in [3.05, 3.63) is 65.7 Å². The molecule has 3 aromatic rings. The van der Waals surface area contributed by atoms with Gasteiger partial charge in [0.25, 0.3) is 0 Å². The maximum Gasteiger partial charge on any atom is 0.222 e. The van der Waals surface area contributed by atoms with Gasteiger partial charge < -0.3 is 15.0 Å². The van der Waals surface area contributed by atoms with Gasteiger partial charge in [0.2, 0.25) is 5.88 Å². The van der Waals surface area contributed by atoms with Gasteiger partial charge in [-0.3, -0.25) is 0 Å². The minimum Gasteiger partial charge on any atom is -0.488 e. The van der Waals surface area contributed by atoms with Crippen molar-refractivity contribution in [3.8, 4) is 17.0 Å². The first-order valence-electron chi connectivity index (χ1n) is 7.66. The van der Waals surface area contributed by atoms with E-state index in [9.17, 15) is 0 Å². The first-order valence-corrected chi connectivity index (χ1v) is 7.66. The Kier molecular flexibility index (Phi) is 4.33. The highest BCUT2D eigenvalue weighted by atomic mass is 16.5. The molecular weight excluding hydrogens is 288 g/mol. The molecule has 0 amide bonds. The van der Waals surface area contributed by atoms with E-state index >= 15 is 0 Å². The van der Waals surface area contributed by atoms with E-state index in [4.69, 9.17) is 15.0 Å². The van der Waals surface area contributed by atoms with Crippen molar-refractivity contribution in [2.75, 3.05) is 5.73 Å². The van der Waals surface area contributed by atoms with Gasteiger partial charge in [-0.15, -0.1) is 0 Å². The fourth-order valence-corrected chi connectivity index (χ4v) is 2.38. The number of anilines is 1. The van der Waals surface area contributed by atoms with Gasteiger partial charge in [0.05, 0.1) is 0 Å². The molecule has 0 fully saturated rings. The molecule has 1 heterocycles. The van der Waals surface area contributed by atoms with E-state index in [1.165, 1.54) is 5.56 Å². The highest BCUT2D eigenvalue weighted by Gasteiger charge is 2.13. The summed E-state index contributed by atoms with van der Waals surface area (Å²) in [6.07, 6.45) is 0. The zero-order valence-electron chi connectivity index (χ0n) is 13.3. The second kappa shape index (κ2) is 6.57. The van der Waals surface area contributed by atoms with Crippen LogP contribution in [0.2, 0.25) is 0 Å². The predicted molar refractivity (Wildman–Crippen MR) is 91.2 cm³/mol. The Morgan fingerprint density at radius 1 is 1.09 bits per heavy atom. The zero-order chi connectivity index (χ0) is 16.2. The van der Waals surface area contributed by atoms with Crippen LogP contribution in [0.1, 0.15) is 30.9 Å². The van der Waals surface area contributed by atoms with Crippen molar-refractivity contribution in [1.29, 1.82) is 0 Å². The molecule has 0 unspecified atom stereocenters. The number of hydrogen-bond acceptors (Lipinski definition) is 4. The van der Waals surface area contributed by atoms with Crippen LogP contribution < -0.4 is 10.5 Å². The standard InChI is InChI=1S/C19H20N2O2/c1-13(2)15-8-9-18(22-12-14-6-4-3-5-7-14)16(10-15)17-11-19(20)23-21-17/h3-11,13H,12,20H2,1-2H3. The maximum absolute atomic E-state index is 6.00. The lowest BCUT2D eigenvalue weighted by Crippen LogP contribution is -1.98. The summed E-state index contributed by atoms with van der Waals surface area (Å²) in [7, 11) is 0. The average Bonchev–Trinajstić information content (AvgIpc) is 3.00. The predicted octanol–water partition coefficient (Wildman–Crippen LogP) is 4.63. The minimum atomic E-state index is 0.295. The number of hydrogen-bond donors (Lipinski definition) is 1. The van der Waals surface area contributed by atoms with Crippen molar-refractivity contribution in [3.63, 3.8) is 0 Å². The van der Waals surface area contributed by atoms with Gasteiger partial charge in [-0.1, -0.05) is 55.4 Å². The SMILES string of the molecule is CC(C)c1ccc(OCc2ccccc2)c(-c2cc(N)on2)c1. The van der Waals surface area contributed by atoms with Crippen LogP contribution in [-0.4, -0.2) is 5.16 Å². The largest absolute Gasteiger partial charge is 0.488 e. The first-order chi connectivity index (χ1) is 11.1. The smallest absolute Gasteiger partial charge is 0.222 e. The number of nitrogen functional groups attached to an aromatic ring is 1. The molecule has 2 aromatic carbocycles. The normalized spacial score (nSPS) is 10.9. The van der Waals surface area contributed by atoms with Gasteiger partial charge in [0.15, 0.2) is 0 Å². The molecule has 0 aliphatic rings. The minimum absolute atomic E-state index is 0.295. The average molecular weight is 308 g/mol. The van der Waals surface area contributed by atoms with Crippen LogP contribution in [0.5, 0.6) is 5.75 Å². The van der Waals surface area contributed by atoms with Gasteiger partial charge in [-0.2, -0.15) is 0 Å². The summed E-state index contributed by atoms with van der Waals surface area (Å²) in [6, 6.07) is 17.9. The molecule has 1 aromatic heterocycles. The lowest BCUT2D eigenvalue weighted by atomic mass is 9.99. The Morgan fingerprint density at radius 3 is 2.52 bits per heavy atom. The van der Waals surface area contributed by atoms with E-state index < -0.39 is 0 Å². The molecule has 3 rings (SSSR count). The number of nitrogens with zero attached hydrogens (tertiary/aromatic N) is 1. The van der Waals surface area contributed by atoms with Crippen LogP contribution in [0, 0.1) is 0 Å². The molecule has 0 spiro atoms. The second-order valence-corrected chi connectivity index (χ2v) is 5.80. The molecule has 4 heteroatoms. The Morgan fingerprint density at radius 2 is 1.87 bits per heavy atom. The molecule has 0 saturated heterocycles. The van der Waals surface area contributed by atoms with Crippen LogP contribution in [-0.2, 0) is 6.61 Å². The zero-order valence-corrected chi connectivity index (χ0v) is 13.3. The molecule has 0 radical (unpaired) electrons. The number of nitrogens with two attached hydrogens (primary N) is 1. The Balaban J connectivity index is 1.92. The summed E-state index contributed by atoms with van der Waals surface area (Å²) in [5.41, 5.74) is 9.58. The van der Waals surface area contributed by atoms with Crippen LogP contribution in [0.3, 0.4) is 0 Å². The monoisotopic (exact) mass is 308 g/mol. The van der Waals surface area contributed by atoms with E-state index in [-0.39, 0.29) is 0 Å². The first kappa shape index (κ1) is 15.2. The van der Waals surface area contributed by atoms with E-state index in [1.807, 2.05) is 36.4 Å². The van der Waals surface area contributed by atoms with E-state index in [0.29, 0.717) is 24.1 Å².